The lowest BCUT2D eigenvalue weighted by molar-refractivity contribution is -0.117. The molecule has 0 aliphatic heterocycles. The van der Waals surface area contributed by atoms with E-state index < -0.39 is 18.9 Å². The normalized spacial score (nSPS) is 11.9. The first-order valence-electron chi connectivity index (χ1n) is 5.36. The molecule has 0 aliphatic carbocycles. The van der Waals surface area contributed by atoms with Crippen LogP contribution in [0.3, 0.4) is 0 Å². The summed E-state index contributed by atoms with van der Waals surface area (Å²) in [7, 11) is 0. The van der Waals surface area contributed by atoms with E-state index in [1.54, 1.807) is 6.92 Å². The highest BCUT2D eigenvalue weighted by Gasteiger charge is 2.40. The standard InChI is InChI=1S/C10H12ClF4N3O/c1-2-19-4-8-17-6(11)3-7(18-8)16-5-10(14,15)9(12)13/h3,9H,2,4-5H2,1H3,(H,16,17,18). The molecule has 1 heterocycles. The summed E-state index contributed by atoms with van der Waals surface area (Å²) in [6.45, 7) is 0.984. The molecule has 1 N–H and O–H groups in total. The van der Waals surface area contributed by atoms with Crippen molar-refractivity contribution in [2.24, 2.45) is 0 Å². The van der Waals surface area contributed by atoms with E-state index in [4.69, 9.17) is 16.3 Å². The molecule has 4 nitrogen and oxygen atoms in total. The number of rotatable bonds is 7. The molecular formula is C10H12ClF4N3O. The Morgan fingerprint density at radius 1 is 1.42 bits per heavy atom. The minimum Gasteiger partial charge on any atom is -0.374 e. The SMILES string of the molecule is CCOCc1nc(Cl)cc(NCC(F)(F)C(F)F)n1. The van der Waals surface area contributed by atoms with Crippen LogP contribution in [0.4, 0.5) is 23.4 Å². The highest BCUT2D eigenvalue weighted by molar-refractivity contribution is 6.29. The van der Waals surface area contributed by atoms with Gasteiger partial charge in [-0.25, -0.2) is 18.7 Å². The molecule has 0 unspecified atom stereocenters. The number of alkyl halides is 4. The van der Waals surface area contributed by atoms with Crippen molar-refractivity contribution in [2.45, 2.75) is 25.9 Å². The molecule has 1 rings (SSSR count). The molecule has 0 atom stereocenters. The average molecular weight is 302 g/mol. The Bertz CT molecular complexity index is 420. The fourth-order valence-corrected chi connectivity index (χ4v) is 1.30. The van der Waals surface area contributed by atoms with Crippen molar-refractivity contribution in [3.8, 4) is 0 Å². The Morgan fingerprint density at radius 3 is 2.68 bits per heavy atom. The van der Waals surface area contributed by atoms with Gasteiger partial charge in [-0.05, 0) is 6.92 Å². The van der Waals surface area contributed by atoms with Gasteiger partial charge in [-0.2, -0.15) is 8.78 Å². The van der Waals surface area contributed by atoms with Crippen LogP contribution in [0.1, 0.15) is 12.7 Å². The number of nitrogens with one attached hydrogen (secondary N) is 1. The summed E-state index contributed by atoms with van der Waals surface area (Å²) in [5, 5.41) is 2.11. The van der Waals surface area contributed by atoms with E-state index in [1.807, 2.05) is 0 Å². The minimum absolute atomic E-state index is 0.00701. The van der Waals surface area contributed by atoms with Crippen LogP contribution in [-0.4, -0.2) is 35.5 Å². The fourth-order valence-electron chi connectivity index (χ4n) is 1.10. The third-order valence-corrected chi connectivity index (χ3v) is 2.19. The molecule has 9 heteroatoms. The summed E-state index contributed by atoms with van der Waals surface area (Å²) in [4.78, 5) is 7.63. The zero-order valence-electron chi connectivity index (χ0n) is 9.97. The molecule has 0 spiro atoms. The van der Waals surface area contributed by atoms with Gasteiger partial charge in [0.05, 0.1) is 6.54 Å². The van der Waals surface area contributed by atoms with Gasteiger partial charge in [0.25, 0.3) is 0 Å². The first-order chi connectivity index (χ1) is 8.85. The molecule has 0 saturated heterocycles. The number of hydrogen-bond donors (Lipinski definition) is 1. The fraction of sp³-hybridized carbons (Fsp3) is 0.600. The number of anilines is 1. The van der Waals surface area contributed by atoms with Crippen LogP contribution in [-0.2, 0) is 11.3 Å². The van der Waals surface area contributed by atoms with E-state index in [0.717, 1.165) is 0 Å². The van der Waals surface area contributed by atoms with Crippen LogP contribution in [0.15, 0.2) is 6.07 Å². The number of ether oxygens (including phenoxy) is 1. The van der Waals surface area contributed by atoms with Crippen LogP contribution in [0.2, 0.25) is 5.15 Å². The lowest BCUT2D eigenvalue weighted by atomic mass is 10.3. The van der Waals surface area contributed by atoms with E-state index in [9.17, 15) is 17.6 Å². The summed E-state index contributed by atoms with van der Waals surface area (Å²) < 4.78 is 54.4. The Labute approximate surface area is 112 Å². The zero-order chi connectivity index (χ0) is 14.5. The molecule has 0 radical (unpaired) electrons. The van der Waals surface area contributed by atoms with Gasteiger partial charge in [-0.3, -0.25) is 0 Å². The van der Waals surface area contributed by atoms with E-state index >= 15 is 0 Å². The molecule has 0 saturated carbocycles. The molecule has 0 aromatic carbocycles. The summed E-state index contributed by atoms with van der Waals surface area (Å²) in [6.07, 6.45) is -3.75. The summed E-state index contributed by atoms with van der Waals surface area (Å²) >= 11 is 5.66. The number of nitrogens with zero attached hydrogens (tertiary/aromatic N) is 2. The highest BCUT2D eigenvalue weighted by Crippen LogP contribution is 2.23. The molecule has 1 aromatic heterocycles. The van der Waals surface area contributed by atoms with Crippen molar-refractivity contribution in [2.75, 3.05) is 18.5 Å². The molecule has 19 heavy (non-hydrogen) atoms. The van der Waals surface area contributed by atoms with Gasteiger partial charge in [0.15, 0.2) is 5.82 Å². The maximum Gasteiger partial charge on any atom is 0.324 e. The lowest BCUT2D eigenvalue weighted by Gasteiger charge is -2.16. The predicted octanol–water partition coefficient (Wildman–Crippen LogP) is 2.98. The second kappa shape index (κ2) is 6.85. The quantitative estimate of drug-likeness (QED) is 0.621. The van der Waals surface area contributed by atoms with Crippen molar-refractivity contribution >= 4 is 17.4 Å². The molecular weight excluding hydrogens is 290 g/mol. The maximum atomic E-state index is 12.7. The smallest absolute Gasteiger partial charge is 0.324 e. The minimum atomic E-state index is -4.14. The third kappa shape index (κ3) is 5.15. The first-order valence-corrected chi connectivity index (χ1v) is 5.74. The summed E-state index contributed by atoms with van der Waals surface area (Å²) in [6, 6.07) is 1.17. The third-order valence-electron chi connectivity index (χ3n) is 2.00. The van der Waals surface area contributed by atoms with Crippen LogP contribution in [0.25, 0.3) is 0 Å². The van der Waals surface area contributed by atoms with Crippen LogP contribution in [0, 0.1) is 0 Å². The molecule has 1 aromatic rings. The van der Waals surface area contributed by atoms with E-state index in [-0.39, 0.29) is 23.4 Å². The van der Waals surface area contributed by atoms with Crippen molar-refractivity contribution in [3.63, 3.8) is 0 Å². The maximum absolute atomic E-state index is 12.7. The van der Waals surface area contributed by atoms with Gasteiger partial charge in [-0.1, -0.05) is 11.6 Å². The van der Waals surface area contributed by atoms with E-state index in [0.29, 0.717) is 6.61 Å². The predicted molar refractivity (Wildman–Crippen MR) is 61.8 cm³/mol. The molecule has 0 bridgehead atoms. The highest BCUT2D eigenvalue weighted by atomic mass is 35.5. The Hall–Kier alpha value is -1.15. The van der Waals surface area contributed by atoms with Crippen LogP contribution in [0.5, 0.6) is 0 Å². The van der Waals surface area contributed by atoms with Crippen molar-refractivity contribution in [1.29, 1.82) is 0 Å². The second-order valence-electron chi connectivity index (χ2n) is 3.54. The molecule has 0 amide bonds. The Balaban J connectivity index is 2.70. The molecule has 108 valence electrons. The Kier molecular flexibility index (Phi) is 5.74. The average Bonchev–Trinajstić information content (AvgIpc) is 2.33. The van der Waals surface area contributed by atoms with Crippen LogP contribution >= 0.6 is 11.6 Å². The summed E-state index contributed by atoms with van der Waals surface area (Å²) in [5.74, 6) is -4.02. The van der Waals surface area contributed by atoms with E-state index in [2.05, 4.69) is 15.3 Å². The van der Waals surface area contributed by atoms with Gasteiger partial charge in [0.1, 0.15) is 17.6 Å². The van der Waals surface area contributed by atoms with Crippen molar-refractivity contribution in [3.05, 3.63) is 17.0 Å². The monoisotopic (exact) mass is 301 g/mol. The van der Waals surface area contributed by atoms with Gasteiger partial charge >= 0.3 is 12.3 Å². The largest absolute Gasteiger partial charge is 0.374 e. The van der Waals surface area contributed by atoms with Gasteiger partial charge < -0.3 is 10.1 Å². The van der Waals surface area contributed by atoms with Crippen molar-refractivity contribution < 1.29 is 22.3 Å². The van der Waals surface area contributed by atoms with Crippen LogP contribution < -0.4 is 5.32 Å². The summed E-state index contributed by atoms with van der Waals surface area (Å²) in [5.41, 5.74) is 0. The number of aromatic nitrogens is 2. The number of hydrogen-bond acceptors (Lipinski definition) is 4. The topological polar surface area (TPSA) is 47.0 Å². The van der Waals surface area contributed by atoms with E-state index in [1.165, 1.54) is 6.07 Å². The van der Waals surface area contributed by atoms with Crippen molar-refractivity contribution in [1.82, 2.24) is 9.97 Å². The molecule has 0 aliphatic rings. The van der Waals surface area contributed by atoms with Gasteiger partial charge in [-0.15, -0.1) is 0 Å². The molecule has 0 fully saturated rings. The zero-order valence-corrected chi connectivity index (χ0v) is 10.7. The second-order valence-corrected chi connectivity index (χ2v) is 3.93. The van der Waals surface area contributed by atoms with Gasteiger partial charge in [0, 0.05) is 12.7 Å². The Morgan fingerprint density at radius 2 is 2.11 bits per heavy atom. The first kappa shape index (κ1) is 15.9. The lowest BCUT2D eigenvalue weighted by Crippen LogP contribution is -2.35. The van der Waals surface area contributed by atoms with Gasteiger partial charge in [0.2, 0.25) is 0 Å². The number of halogens is 5.